The minimum atomic E-state index is -0.312. The van der Waals surface area contributed by atoms with Crippen molar-refractivity contribution in [2.45, 2.75) is 25.7 Å². The number of hydrogen-bond donors (Lipinski definition) is 2. The molecule has 0 atom stereocenters. The molecule has 2 fully saturated rings. The van der Waals surface area contributed by atoms with Crippen LogP contribution in [0.5, 0.6) is 11.5 Å². The van der Waals surface area contributed by atoms with Gasteiger partial charge < -0.3 is 29.7 Å². The van der Waals surface area contributed by atoms with E-state index in [1.165, 1.54) is 5.56 Å². The molecule has 3 aromatic rings. The van der Waals surface area contributed by atoms with Gasteiger partial charge in [-0.2, -0.15) is 0 Å². The molecule has 9 nitrogen and oxygen atoms in total. The molecule has 2 heterocycles. The molecule has 44 heavy (non-hydrogen) atoms. The lowest BCUT2D eigenvalue weighted by molar-refractivity contribution is 0.0374. The van der Waals surface area contributed by atoms with Gasteiger partial charge in [-0.15, -0.1) is 0 Å². The van der Waals surface area contributed by atoms with E-state index in [1.54, 1.807) is 38.5 Å². The molecule has 5 rings (SSSR count). The molecule has 0 spiro atoms. The SMILES string of the molecule is COc1cc(OC)cc(C(=O)Nc2ccc(N3CCC(Cc4ccccc4)CC3)c(C(=O)NCCCN3CCOCC3)c2)c1. The molecule has 0 saturated carbocycles. The Hall–Kier alpha value is -4.08. The minimum Gasteiger partial charge on any atom is -0.497 e. The lowest BCUT2D eigenvalue weighted by Gasteiger charge is -2.35. The summed E-state index contributed by atoms with van der Waals surface area (Å²) in [6, 6.07) is 21.3. The number of morpholine rings is 1. The molecule has 2 aliphatic heterocycles. The molecule has 2 amide bonds. The molecule has 2 aliphatic rings. The van der Waals surface area contributed by atoms with E-state index >= 15 is 0 Å². The average molecular weight is 601 g/mol. The van der Waals surface area contributed by atoms with Gasteiger partial charge in [0.25, 0.3) is 11.8 Å². The number of carbonyl (C=O) groups is 2. The van der Waals surface area contributed by atoms with Crippen LogP contribution < -0.4 is 25.0 Å². The third-order valence-corrected chi connectivity index (χ3v) is 8.48. The predicted octanol–water partition coefficient (Wildman–Crippen LogP) is 4.87. The van der Waals surface area contributed by atoms with Crippen molar-refractivity contribution in [3.05, 3.63) is 83.4 Å². The van der Waals surface area contributed by atoms with Crippen LogP contribution in [-0.4, -0.2) is 83.4 Å². The highest BCUT2D eigenvalue weighted by Crippen LogP contribution is 2.31. The quantitative estimate of drug-likeness (QED) is 0.287. The van der Waals surface area contributed by atoms with Gasteiger partial charge in [-0.25, -0.2) is 0 Å². The Labute approximate surface area is 260 Å². The van der Waals surface area contributed by atoms with E-state index in [0.29, 0.717) is 40.8 Å². The van der Waals surface area contributed by atoms with Crippen LogP contribution >= 0.6 is 0 Å². The lowest BCUT2D eigenvalue weighted by Crippen LogP contribution is -2.38. The fourth-order valence-corrected chi connectivity index (χ4v) is 5.96. The third-order valence-electron chi connectivity index (χ3n) is 8.48. The monoisotopic (exact) mass is 600 g/mol. The standard InChI is InChI=1S/C35H44N4O5/c1-42-30-22-28(23-31(25-30)43-2)34(40)37-29-9-10-33(39-15-11-27(12-16-39)21-26-7-4-3-5-8-26)32(24-29)35(41)36-13-6-14-38-17-19-44-20-18-38/h3-5,7-10,22-25,27H,6,11-21H2,1-2H3,(H,36,41)(H,37,40). The van der Waals surface area contributed by atoms with Crippen molar-refractivity contribution >= 4 is 23.2 Å². The van der Waals surface area contributed by atoms with Crippen molar-refractivity contribution in [1.82, 2.24) is 10.2 Å². The van der Waals surface area contributed by atoms with Crippen LogP contribution in [0.3, 0.4) is 0 Å². The highest BCUT2D eigenvalue weighted by molar-refractivity contribution is 6.06. The molecular weight excluding hydrogens is 556 g/mol. The van der Waals surface area contributed by atoms with Crippen molar-refractivity contribution < 1.29 is 23.8 Å². The Morgan fingerprint density at radius 2 is 1.57 bits per heavy atom. The van der Waals surface area contributed by atoms with Gasteiger partial charge in [0, 0.05) is 55.7 Å². The maximum absolute atomic E-state index is 13.6. The number of nitrogens with one attached hydrogen (secondary N) is 2. The highest BCUT2D eigenvalue weighted by Gasteiger charge is 2.24. The number of carbonyl (C=O) groups excluding carboxylic acids is 2. The molecule has 3 aromatic carbocycles. The number of benzene rings is 3. The summed E-state index contributed by atoms with van der Waals surface area (Å²) in [5.74, 6) is 1.22. The summed E-state index contributed by atoms with van der Waals surface area (Å²) in [6.07, 6.45) is 4.06. The number of rotatable bonds is 12. The van der Waals surface area contributed by atoms with Crippen LogP contribution in [0.4, 0.5) is 11.4 Å². The van der Waals surface area contributed by atoms with Crippen molar-refractivity contribution in [3.63, 3.8) is 0 Å². The van der Waals surface area contributed by atoms with E-state index in [0.717, 1.165) is 77.3 Å². The summed E-state index contributed by atoms with van der Waals surface area (Å²) in [4.78, 5) is 31.5. The summed E-state index contributed by atoms with van der Waals surface area (Å²) < 4.78 is 16.1. The Morgan fingerprint density at radius 1 is 0.864 bits per heavy atom. The maximum atomic E-state index is 13.6. The van der Waals surface area contributed by atoms with Gasteiger partial charge in [0.05, 0.1) is 33.0 Å². The number of piperidine rings is 1. The summed E-state index contributed by atoms with van der Waals surface area (Å²) in [7, 11) is 3.09. The van der Waals surface area contributed by atoms with Gasteiger partial charge in [-0.3, -0.25) is 14.5 Å². The van der Waals surface area contributed by atoms with Crippen LogP contribution in [0.1, 0.15) is 45.5 Å². The van der Waals surface area contributed by atoms with E-state index in [2.05, 4.69) is 50.8 Å². The number of nitrogens with zero attached hydrogens (tertiary/aromatic N) is 2. The first kappa shape index (κ1) is 31.3. The number of methoxy groups -OCH3 is 2. The second-order valence-corrected chi connectivity index (χ2v) is 11.5. The zero-order valence-corrected chi connectivity index (χ0v) is 25.8. The van der Waals surface area contributed by atoms with E-state index in [1.807, 2.05) is 12.1 Å². The topological polar surface area (TPSA) is 92.4 Å². The third kappa shape index (κ3) is 8.51. The highest BCUT2D eigenvalue weighted by atomic mass is 16.5. The fourth-order valence-electron chi connectivity index (χ4n) is 5.96. The molecule has 0 unspecified atom stereocenters. The fraction of sp³-hybridized carbons (Fsp3) is 0.429. The summed E-state index contributed by atoms with van der Waals surface area (Å²) in [5, 5.41) is 6.10. The largest absolute Gasteiger partial charge is 0.497 e. The molecule has 234 valence electrons. The zero-order valence-electron chi connectivity index (χ0n) is 25.8. The van der Waals surface area contributed by atoms with E-state index < -0.39 is 0 Å². The Morgan fingerprint density at radius 3 is 2.25 bits per heavy atom. The average Bonchev–Trinajstić information content (AvgIpc) is 3.07. The van der Waals surface area contributed by atoms with Crippen LogP contribution in [0.25, 0.3) is 0 Å². The Balaban J connectivity index is 1.28. The molecule has 9 heteroatoms. The number of ether oxygens (including phenoxy) is 3. The van der Waals surface area contributed by atoms with E-state index in [4.69, 9.17) is 14.2 Å². The first-order chi connectivity index (χ1) is 21.5. The van der Waals surface area contributed by atoms with Crippen molar-refractivity contribution in [2.75, 3.05) is 76.9 Å². The van der Waals surface area contributed by atoms with E-state index in [-0.39, 0.29) is 11.8 Å². The molecule has 2 N–H and O–H groups in total. The Kier molecular flexibility index (Phi) is 11.1. The van der Waals surface area contributed by atoms with Gasteiger partial charge in [0.1, 0.15) is 11.5 Å². The van der Waals surface area contributed by atoms with Gasteiger partial charge in [0.15, 0.2) is 0 Å². The van der Waals surface area contributed by atoms with Crippen LogP contribution in [0, 0.1) is 5.92 Å². The number of amides is 2. The summed E-state index contributed by atoms with van der Waals surface area (Å²) in [5.41, 5.74) is 3.79. The van der Waals surface area contributed by atoms with Gasteiger partial charge >= 0.3 is 0 Å². The van der Waals surface area contributed by atoms with Crippen LogP contribution in [0.2, 0.25) is 0 Å². The molecule has 2 saturated heterocycles. The first-order valence-electron chi connectivity index (χ1n) is 15.6. The number of anilines is 2. The lowest BCUT2D eigenvalue weighted by atomic mass is 9.89. The summed E-state index contributed by atoms with van der Waals surface area (Å²) in [6.45, 7) is 6.64. The predicted molar refractivity (Wildman–Crippen MR) is 173 cm³/mol. The maximum Gasteiger partial charge on any atom is 0.255 e. The van der Waals surface area contributed by atoms with Crippen molar-refractivity contribution in [2.24, 2.45) is 5.92 Å². The number of hydrogen-bond acceptors (Lipinski definition) is 7. The second-order valence-electron chi connectivity index (χ2n) is 11.5. The van der Waals surface area contributed by atoms with Gasteiger partial charge in [-0.1, -0.05) is 30.3 Å². The molecule has 0 aromatic heterocycles. The van der Waals surface area contributed by atoms with Gasteiger partial charge in [0.2, 0.25) is 0 Å². The smallest absolute Gasteiger partial charge is 0.255 e. The normalized spacial score (nSPS) is 15.9. The molecule has 0 aliphatic carbocycles. The van der Waals surface area contributed by atoms with Crippen molar-refractivity contribution in [1.29, 1.82) is 0 Å². The Bertz CT molecular complexity index is 1360. The molecule has 0 radical (unpaired) electrons. The second kappa shape index (κ2) is 15.6. The zero-order chi connectivity index (χ0) is 30.7. The van der Waals surface area contributed by atoms with Gasteiger partial charge in [-0.05, 0) is 74.0 Å². The van der Waals surface area contributed by atoms with Crippen molar-refractivity contribution in [3.8, 4) is 11.5 Å². The summed E-state index contributed by atoms with van der Waals surface area (Å²) >= 11 is 0. The molecule has 0 bridgehead atoms. The van der Waals surface area contributed by atoms with Crippen LogP contribution in [-0.2, 0) is 11.2 Å². The van der Waals surface area contributed by atoms with Crippen LogP contribution in [0.15, 0.2) is 66.7 Å². The minimum absolute atomic E-state index is 0.132. The first-order valence-corrected chi connectivity index (χ1v) is 15.6. The molecular formula is C35H44N4O5. The van der Waals surface area contributed by atoms with E-state index in [9.17, 15) is 9.59 Å².